The number of nitrogens with zero attached hydrogens (tertiary/aromatic N) is 5. The zero-order valence-electron chi connectivity index (χ0n) is 13.9. The number of nitro groups is 1. The number of aromatic nitrogens is 4. The quantitative estimate of drug-likeness (QED) is 0.382. The van der Waals surface area contributed by atoms with E-state index >= 15 is 0 Å². The maximum absolute atomic E-state index is 11.5. The molecule has 0 unspecified atom stereocenters. The third-order valence-corrected chi connectivity index (χ3v) is 5.42. The number of methoxy groups -OCH3 is 1. The first-order valence-electron chi connectivity index (χ1n) is 7.68. The van der Waals surface area contributed by atoms with Crippen LogP contribution in [0, 0.1) is 10.1 Å². The number of rotatable bonds is 6. The van der Waals surface area contributed by atoms with E-state index in [1.165, 1.54) is 15.7 Å². The van der Waals surface area contributed by atoms with Gasteiger partial charge in [0.1, 0.15) is 5.75 Å². The van der Waals surface area contributed by atoms with Crippen LogP contribution in [0.2, 0.25) is 0 Å². The molecule has 4 aromatic rings. The maximum atomic E-state index is 11.5. The topological polar surface area (TPSA) is 107 Å². The van der Waals surface area contributed by atoms with Crippen LogP contribution in [0.5, 0.6) is 5.75 Å². The summed E-state index contributed by atoms with van der Waals surface area (Å²) in [6.07, 6.45) is 1.61. The Balaban J connectivity index is 1.58. The number of fused-ring (bicyclic) bond motifs is 1. The van der Waals surface area contributed by atoms with Crippen molar-refractivity contribution in [1.29, 1.82) is 0 Å². The molecule has 0 spiro atoms. The van der Waals surface area contributed by atoms with Crippen molar-refractivity contribution >= 4 is 45.4 Å². The third kappa shape index (κ3) is 3.55. The second-order valence-corrected chi connectivity index (χ2v) is 7.47. The first-order valence-corrected chi connectivity index (χ1v) is 9.31. The molecule has 0 aliphatic heterocycles. The van der Waals surface area contributed by atoms with Crippen LogP contribution in [0.3, 0.4) is 0 Å². The Morgan fingerprint density at radius 2 is 2.15 bits per heavy atom. The number of hydrogen-bond acceptors (Lipinski definition) is 9. The smallest absolute Gasteiger partial charge is 0.362 e. The van der Waals surface area contributed by atoms with Gasteiger partial charge in [0.05, 0.1) is 13.3 Å². The van der Waals surface area contributed by atoms with Crippen molar-refractivity contribution in [2.45, 2.75) is 9.37 Å². The molecule has 9 nitrogen and oxygen atoms in total. The highest BCUT2D eigenvalue weighted by molar-refractivity contribution is 8.01. The lowest BCUT2D eigenvalue weighted by Crippen LogP contribution is -1.94. The number of imidazole rings is 1. The van der Waals surface area contributed by atoms with Gasteiger partial charge in [-0.2, -0.15) is 9.38 Å². The van der Waals surface area contributed by atoms with E-state index in [1.54, 1.807) is 31.5 Å². The van der Waals surface area contributed by atoms with Crippen molar-refractivity contribution in [2.75, 3.05) is 12.4 Å². The molecule has 0 radical (unpaired) electrons. The molecule has 136 valence electrons. The Bertz CT molecular complexity index is 1130. The Morgan fingerprint density at radius 1 is 1.26 bits per heavy atom. The van der Waals surface area contributed by atoms with Gasteiger partial charge in [0.2, 0.25) is 15.8 Å². The molecule has 0 amide bonds. The Morgan fingerprint density at radius 3 is 2.96 bits per heavy atom. The summed E-state index contributed by atoms with van der Waals surface area (Å²) in [5.74, 6) is 0.632. The summed E-state index contributed by atoms with van der Waals surface area (Å²) in [7, 11) is 1.60. The second-order valence-electron chi connectivity index (χ2n) is 5.26. The number of pyridine rings is 1. The Labute approximate surface area is 161 Å². The fourth-order valence-corrected chi connectivity index (χ4v) is 4.19. The van der Waals surface area contributed by atoms with Gasteiger partial charge in [-0.25, -0.2) is 0 Å². The van der Waals surface area contributed by atoms with Crippen LogP contribution in [0.15, 0.2) is 58.0 Å². The monoisotopic (exact) mass is 400 g/mol. The molecule has 0 aliphatic carbocycles. The molecule has 1 aromatic carbocycles. The zero-order chi connectivity index (χ0) is 18.8. The van der Waals surface area contributed by atoms with Crippen molar-refractivity contribution < 1.29 is 9.66 Å². The summed E-state index contributed by atoms with van der Waals surface area (Å²) in [4.78, 5) is 15.4. The van der Waals surface area contributed by atoms with E-state index in [2.05, 4.69) is 20.5 Å². The van der Waals surface area contributed by atoms with E-state index in [-0.39, 0.29) is 10.8 Å². The molecular weight excluding hydrogens is 388 g/mol. The Hall–Kier alpha value is -3.18. The molecule has 0 atom stereocenters. The molecule has 11 heteroatoms. The van der Waals surface area contributed by atoms with E-state index < -0.39 is 4.92 Å². The minimum absolute atomic E-state index is 0.0897. The number of hydrogen-bond donors (Lipinski definition) is 1. The van der Waals surface area contributed by atoms with Crippen molar-refractivity contribution in [3.8, 4) is 5.75 Å². The van der Waals surface area contributed by atoms with Gasteiger partial charge in [-0.1, -0.05) is 23.5 Å². The Kier molecular flexibility index (Phi) is 4.60. The van der Waals surface area contributed by atoms with Gasteiger partial charge >= 0.3 is 5.82 Å². The maximum Gasteiger partial charge on any atom is 0.362 e. The van der Waals surface area contributed by atoms with Crippen LogP contribution >= 0.6 is 23.1 Å². The van der Waals surface area contributed by atoms with E-state index in [0.29, 0.717) is 15.1 Å². The zero-order valence-corrected chi connectivity index (χ0v) is 15.5. The number of nitrogens with one attached hydrogen (secondary N) is 1. The van der Waals surface area contributed by atoms with Crippen molar-refractivity contribution in [3.63, 3.8) is 0 Å². The van der Waals surface area contributed by atoms with Gasteiger partial charge in [0.25, 0.3) is 0 Å². The van der Waals surface area contributed by atoms with E-state index in [0.717, 1.165) is 23.2 Å². The SMILES string of the molecule is COc1cccc(Nc2nnc(Sc3nc4ccccn4c3[N+](=O)[O-])s2)c1. The average Bonchev–Trinajstić information content (AvgIpc) is 3.25. The largest absolute Gasteiger partial charge is 0.497 e. The minimum atomic E-state index is -0.446. The van der Waals surface area contributed by atoms with Gasteiger partial charge in [-0.05, 0) is 34.9 Å². The highest BCUT2D eigenvalue weighted by Gasteiger charge is 2.24. The molecule has 0 saturated heterocycles. The molecule has 3 aromatic heterocycles. The lowest BCUT2D eigenvalue weighted by molar-refractivity contribution is -0.393. The van der Waals surface area contributed by atoms with Crippen molar-refractivity contribution in [2.24, 2.45) is 0 Å². The average molecular weight is 400 g/mol. The molecule has 0 fully saturated rings. The summed E-state index contributed by atoms with van der Waals surface area (Å²) >= 11 is 2.40. The summed E-state index contributed by atoms with van der Waals surface area (Å²) in [5.41, 5.74) is 1.31. The van der Waals surface area contributed by atoms with Gasteiger partial charge in [0.15, 0.2) is 4.34 Å². The van der Waals surface area contributed by atoms with Crippen molar-refractivity contribution in [3.05, 3.63) is 58.8 Å². The van der Waals surface area contributed by atoms with Gasteiger partial charge in [0, 0.05) is 17.8 Å². The second kappa shape index (κ2) is 7.21. The van der Waals surface area contributed by atoms with Gasteiger partial charge < -0.3 is 20.2 Å². The van der Waals surface area contributed by atoms with E-state index in [9.17, 15) is 10.1 Å². The highest BCUT2D eigenvalue weighted by Crippen LogP contribution is 2.37. The summed E-state index contributed by atoms with van der Waals surface area (Å²) in [6.45, 7) is 0. The van der Waals surface area contributed by atoms with Crippen LogP contribution in [0.25, 0.3) is 5.65 Å². The first-order chi connectivity index (χ1) is 13.1. The summed E-state index contributed by atoms with van der Waals surface area (Å²) in [5, 5.41) is 23.6. The first kappa shape index (κ1) is 17.2. The standard InChI is InChI=1S/C16H12N6O3S2/c1-25-11-6-4-5-10(9-11)17-15-19-20-16(27-15)26-13-14(22(23)24)21-8-3-2-7-12(21)18-13/h2-9H,1H3,(H,17,19). The van der Waals surface area contributed by atoms with Gasteiger partial charge in [-0.3, -0.25) is 0 Å². The summed E-state index contributed by atoms with van der Waals surface area (Å²) in [6, 6.07) is 12.6. The number of ether oxygens (including phenoxy) is 1. The van der Waals surface area contributed by atoms with Crippen LogP contribution in [0.4, 0.5) is 16.6 Å². The predicted molar refractivity (Wildman–Crippen MR) is 102 cm³/mol. The fourth-order valence-electron chi connectivity index (χ4n) is 2.40. The van der Waals surface area contributed by atoms with E-state index in [1.807, 2.05) is 24.3 Å². The molecule has 4 rings (SSSR count). The minimum Gasteiger partial charge on any atom is -0.497 e. The normalized spacial score (nSPS) is 10.9. The predicted octanol–water partition coefficient (Wildman–Crippen LogP) is 4.00. The number of benzene rings is 1. The summed E-state index contributed by atoms with van der Waals surface area (Å²) < 4.78 is 7.18. The highest BCUT2D eigenvalue weighted by atomic mass is 32.2. The molecular formula is C16H12N6O3S2. The third-order valence-electron chi connectivity index (χ3n) is 3.56. The lowest BCUT2D eigenvalue weighted by atomic mass is 10.3. The fraction of sp³-hybridized carbons (Fsp3) is 0.0625. The van der Waals surface area contributed by atoms with Crippen LogP contribution in [-0.4, -0.2) is 31.6 Å². The van der Waals surface area contributed by atoms with Crippen LogP contribution in [-0.2, 0) is 0 Å². The molecule has 0 bridgehead atoms. The van der Waals surface area contributed by atoms with Crippen LogP contribution < -0.4 is 10.1 Å². The van der Waals surface area contributed by atoms with Gasteiger partial charge in [-0.15, -0.1) is 10.2 Å². The molecule has 27 heavy (non-hydrogen) atoms. The lowest BCUT2D eigenvalue weighted by Gasteiger charge is -2.04. The number of anilines is 2. The van der Waals surface area contributed by atoms with Crippen molar-refractivity contribution in [1.82, 2.24) is 19.6 Å². The molecule has 0 saturated carbocycles. The molecule has 1 N–H and O–H groups in total. The molecule has 3 heterocycles. The van der Waals surface area contributed by atoms with E-state index in [4.69, 9.17) is 4.74 Å². The molecule has 0 aliphatic rings. The van der Waals surface area contributed by atoms with Crippen LogP contribution in [0.1, 0.15) is 0 Å².